The largest absolute Gasteiger partial charge is 0.338 e. The number of hydrogen-bond donors (Lipinski definition) is 1. The maximum atomic E-state index is 13.2. The lowest BCUT2D eigenvalue weighted by atomic mass is 9.90. The minimum Gasteiger partial charge on any atom is -0.338 e. The van der Waals surface area contributed by atoms with Crippen LogP contribution in [0.25, 0.3) is 21.0 Å². The number of carbonyl (C=O) groups excluding carboxylic acids is 1. The topological polar surface area (TPSA) is 53.2 Å². The Kier molecular flexibility index (Phi) is 4.91. The normalized spacial score (nSPS) is 15.2. The number of aryl methyl sites for hydroxylation is 1. The van der Waals surface area contributed by atoms with Crippen LogP contribution >= 0.6 is 11.3 Å². The molecule has 0 bridgehead atoms. The smallest absolute Gasteiger partial charge is 0.263 e. The Bertz CT molecular complexity index is 1280. The first kappa shape index (κ1) is 19.1. The Morgan fingerprint density at radius 3 is 2.60 bits per heavy atom. The van der Waals surface area contributed by atoms with Crippen molar-refractivity contribution in [1.29, 1.82) is 0 Å². The summed E-state index contributed by atoms with van der Waals surface area (Å²) in [6.07, 6.45) is 3.12. The molecule has 30 heavy (non-hydrogen) atoms. The minimum absolute atomic E-state index is 0.0505. The molecule has 152 valence electrons. The van der Waals surface area contributed by atoms with Crippen molar-refractivity contribution in [2.24, 2.45) is 5.92 Å². The number of H-pyrrole nitrogens is 1. The lowest BCUT2D eigenvalue weighted by molar-refractivity contribution is 0.0695. The summed E-state index contributed by atoms with van der Waals surface area (Å²) in [5.41, 5.74) is 3.20. The fraction of sp³-hybridized carbons (Fsp3) is 0.280. The number of pyridine rings is 1. The van der Waals surface area contributed by atoms with Crippen molar-refractivity contribution in [1.82, 2.24) is 9.88 Å². The highest BCUT2D eigenvalue weighted by Crippen LogP contribution is 2.32. The Morgan fingerprint density at radius 2 is 1.83 bits per heavy atom. The van der Waals surface area contributed by atoms with Gasteiger partial charge in [0.1, 0.15) is 0 Å². The van der Waals surface area contributed by atoms with Crippen molar-refractivity contribution in [3.63, 3.8) is 0 Å². The molecule has 4 aromatic rings. The molecule has 0 spiro atoms. The molecule has 0 radical (unpaired) electrons. The highest BCUT2D eigenvalue weighted by molar-refractivity contribution is 7.21. The number of thiophene rings is 1. The number of aromatic nitrogens is 1. The zero-order chi connectivity index (χ0) is 20.7. The SMILES string of the molecule is Cc1ccc2[nH]c(=O)c3cc(C(=O)N4CCC(Cc5ccccc5)CC4)sc3c2c1. The monoisotopic (exact) mass is 416 g/mol. The predicted molar refractivity (Wildman–Crippen MR) is 123 cm³/mol. The molecule has 3 heterocycles. The first-order valence-corrected chi connectivity index (χ1v) is 11.3. The van der Waals surface area contributed by atoms with Crippen LogP contribution in [0.1, 0.15) is 33.6 Å². The van der Waals surface area contributed by atoms with E-state index in [1.807, 2.05) is 30.0 Å². The van der Waals surface area contributed by atoms with E-state index in [9.17, 15) is 9.59 Å². The van der Waals surface area contributed by atoms with Crippen LogP contribution in [-0.2, 0) is 6.42 Å². The molecule has 0 aliphatic carbocycles. The van der Waals surface area contributed by atoms with Gasteiger partial charge in [0.05, 0.1) is 10.3 Å². The maximum Gasteiger partial charge on any atom is 0.263 e. The molecule has 1 fully saturated rings. The van der Waals surface area contributed by atoms with Crippen molar-refractivity contribution in [2.75, 3.05) is 13.1 Å². The van der Waals surface area contributed by atoms with Crippen LogP contribution in [0.5, 0.6) is 0 Å². The van der Waals surface area contributed by atoms with Gasteiger partial charge in [-0.15, -0.1) is 11.3 Å². The first-order valence-electron chi connectivity index (χ1n) is 10.5. The van der Waals surface area contributed by atoms with Crippen LogP contribution in [-0.4, -0.2) is 28.9 Å². The summed E-state index contributed by atoms with van der Waals surface area (Å²) < 4.78 is 0.903. The third-order valence-electron chi connectivity index (χ3n) is 6.12. The number of carbonyl (C=O) groups is 1. The van der Waals surface area contributed by atoms with Gasteiger partial charge in [0.2, 0.25) is 0 Å². The van der Waals surface area contributed by atoms with Gasteiger partial charge in [-0.2, -0.15) is 0 Å². The quantitative estimate of drug-likeness (QED) is 0.502. The summed E-state index contributed by atoms with van der Waals surface area (Å²) in [7, 11) is 0. The molecule has 1 amide bonds. The highest BCUT2D eigenvalue weighted by atomic mass is 32.1. The number of hydrogen-bond acceptors (Lipinski definition) is 3. The molecule has 2 aromatic heterocycles. The number of rotatable bonds is 3. The van der Waals surface area contributed by atoms with Crippen molar-refractivity contribution < 1.29 is 4.79 Å². The van der Waals surface area contributed by atoms with Crippen LogP contribution in [0.3, 0.4) is 0 Å². The highest BCUT2D eigenvalue weighted by Gasteiger charge is 2.25. The Hall–Kier alpha value is -2.92. The molecular formula is C25H24N2O2S. The number of piperidine rings is 1. The van der Waals surface area contributed by atoms with Crippen LogP contribution in [0.4, 0.5) is 0 Å². The zero-order valence-electron chi connectivity index (χ0n) is 17.0. The minimum atomic E-state index is -0.127. The number of likely N-dealkylation sites (tertiary alicyclic amines) is 1. The van der Waals surface area contributed by atoms with Gasteiger partial charge in [-0.3, -0.25) is 9.59 Å². The molecule has 1 N–H and O–H groups in total. The molecule has 1 aliphatic rings. The average molecular weight is 417 g/mol. The molecule has 0 atom stereocenters. The number of fused-ring (bicyclic) bond motifs is 3. The lowest BCUT2D eigenvalue weighted by Crippen LogP contribution is -2.38. The number of nitrogens with one attached hydrogen (secondary N) is 1. The van der Waals surface area contributed by atoms with Gasteiger partial charge in [0, 0.05) is 28.7 Å². The van der Waals surface area contributed by atoms with E-state index in [-0.39, 0.29) is 11.5 Å². The van der Waals surface area contributed by atoms with Gasteiger partial charge >= 0.3 is 0 Å². The lowest BCUT2D eigenvalue weighted by Gasteiger charge is -2.31. The van der Waals surface area contributed by atoms with Gasteiger partial charge in [-0.05, 0) is 55.9 Å². The van der Waals surface area contributed by atoms with Gasteiger partial charge in [-0.1, -0.05) is 42.0 Å². The Morgan fingerprint density at radius 1 is 1.07 bits per heavy atom. The van der Waals surface area contributed by atoms with E-state index in [1.54, 1.807) is 6.07 Å². The molecule has 0 saturated carbocycles. The zero-order valence-corrected chi connectivity index (χ0v) is 17.8. The van der Waals surface area contributed by atoms with E-state index in [0.717, 1.165) is 53.5 Å². The number of aromatic amines is 1. The molecule has 5 rings (SSSR count). The standard InChI is InChI=1S/C25H24N2O2S/c1-16-7-8-21-19(13-16)23-20(24(28)26-21)15-22(30-23)25(29)27-11-9-18(10-12-27)14-17-5-3-2-4-6-17/h2-8,13,15,18H,9-12,14H2,1H3,(H,26,28). The Labute approximate surface area is 179 Å². The van der Waals surface area contributed by atoms with E-state index in [0.29, 0.717) is 16.2 Å². The summed E-state index contributed by atoms with van der Waals surface area (Å²) in [5.74, 6) is 0.670. The van der Waals surface area contributed by atoms with Gasteiger partial charge in [-0.25, -0.2) is 0 Å². The molecule has 1 aliphatic heterocycles. The summed E-state index contributed by atoms with van der Waals surface area (Å²) >= 11 is 1.44. The Balaban J connectivity index is 1.36. The van der Waals surface area contributed by atoms with Crippen LogP contribution in [0.15, 0.2) is 59.4 Å². The van der Waals surface area contributed by atoms with Gasteiger partial charge in [0.25, 0.3) is 11.5 Å². The van der Waals surface area contributed by atoms with Crippen molar-refractivity contribution >= 4 is 38.2 Å². The number of amides is 1. The second-order valence-corrected chi connectivity index (χ2v) is 9.33. The second-order valence-electron chi connectivity index (χ2n) is 8.28. The van der Waals surface area contributed by atoms with Crippen LogP contribution in [0, 0.1) is 12.8 Å². The molecule has 4 nitrogen and oxygen atoms in total. The molecule has 0 unspecified atom stereocenters. The van der Waals surface area contributed by atoms with Crippen molar-refractivity contribution in [3.8, 4) is 0 Å². The fourth-order valence-corrected chi connectivity index (χ4v) is 5.61. The van der Waals surface area contributed by atoms with E-state index >= 15 is 0 Å². The van der Waals surface area contributed by atoms with Crippen LogP contribution < -0.4 is 5.56 Å². The fourth-order valence-electron chi connectivity index (χ4n) is 4.45. The maximum absolute atomic E-state index is 13.2. The first-order chi connectivity index (χ1) is 14.6. The average Bonchev–Trinajstić information content (AvgIpc) is 3.22. The molecule has 2 aromatic carbocycles. The second kappa shape index (κ2) is 7.73. The predicted octanol–water partition coefficient (Wildman–Crippen LogP) is 5.15. The summed E-state index contributed by atoms with van der Waals surface area (Å²) in [4.78, 5) is 31.3. The van der Waals surface area contributed by atoms with E-state index < -0.39 is 0 Å². The number of benzene rings is 2. The molecular weight excluding hydrogens is 392 g/mol. The van der Waals surface area contributed by atoms with E-state index in [4.69, 9.17) is 0 Å². The van der Waals surface area contributed by atoms with Crippen LogP contribution in [0.2, 0.25) is 0 Å². The van der Waals surface area contributed by atoms with Gasteiger partial charge in [0.15, 0.2) is 0 Å². The summed E-state index contributed by atoms with van der Waals surface area (Å²) in [6, 6.07) is 18.4. The third kappa shape index (κ3) is 3.54. The summed E-state index contributed by atoms with van der Waals surface area (Å²) in [5, 5.41) is 1.62. The third-order valence-corrected chi connectivity index (χ3v) is 7.28. The van der Waals surface area contributed by atoms with Gasteiger partial charge < -0.3 is 9.88 Å². The summed E-state index contributed by atoms with van der Waals surface area (Å²) in [6.45, 7) is 3.59. The van der Waals surface area contributed by atoms with Crippen molar-refractivity contribution in [2.45, 2.75) is 26.2 Å². The molecule has 1 saturated heterocycles. The molecule has 5 heteroatoms. The van der Waals surface area contributed by atoms with E-state index in [1.165, 1.54) is 16.9 Å². The number of nitrogens with zero attached hydrogens (tertiary/aromatic N) is 1. The van der Waals surface area contributed by atoms with E-state index in [2.05, 4.69) is 35.3 Å². The van der Waals surface area contributed by atoms with Crippen molar-refractivity contribution in [3.05, 3.63) is 81.0 Å².